The van der Waals surface area contributed by atoms with Gasteiger partial charge in [0.15, 0.2) is 0 Å². The monoisotopic (exact) mass is 364 g/mol. The lowest BCUT2D eigenvalue weighted by Crippen LogP contribution is -2.33. The zero-order valence-corrected chi connectivity index (χ0v) is 15.5. The van der Waals surface area contributed by atoms with Gasteiger partial charge >= 0.3 is 0 Å². The van der Waals surface area contributed by atoms with Crippen LogP contribution in [0.15, 0.2) is 54.6 Å². The summed E-state index contributed by atoms with van der Waals surface area (Å²) in [6, 6.07) is 16.7. The van der Waals surface area contributed by atoms with Crippen molar-refractivity contribution in [3.05, 3.63) is 71.3 Å². The van der Waals surface area contributed by atoms with Gasteiger partial charge in [-0.15, -0.1) is 0 Å². The van der Waals surface area contributed by atoms with E-state index in [0.717, 1.165) is 18.4 Å². The maximum atomic E-state index is 12.4. The van der Waals surface area contributed by atoms with E-state index in [2.05, 4.69) is 12.2 Å². The number of nitrogens with zero attached hydrogens (tertiary/aromatic N) is 1. The van der Waals surface area contributed by atoms with Crippen LogP contribution in [0, 0.1) is 0 Å². The Morgan fingerprint density at radius 2 is 1.56 bits per heavy atom. The molecule has 1 atom stereocenters. The van der Waals surface area contributed by atoms with Gasteiger partial charge in [0.2, 0.25) is 5.91 Å². The van der Waals surface area contributed by atoms with Gasteiger partial charge in [0.05, 0.1) is 17.2 Å². The van der Waals surface area contributed by atoms with Gasteiger partial charge in [-0.25, -0.2) is 0 Å². The first-order valence-corrected chi connectivity index (χ1v) is 9.41. The fourth-order valence-corrected chi connectivity index (χ4v) is 3.40. The second-order valence-electron chi connectivity index (χ2n) is 6.73. The molecule has 0 aromatic heterocycles. The third-order valence-electron chi connectivity index (χ3n) is 4.78. The zero-order valence-electron chi connectivity index (χ0n) is 15.5. The molecule has 3 amide bonds. The van der Waals surface area contributed by atoms with Crippen LogP contribution in [0.5, 0.6) is 0 Å². The predicted molar refractivity (Wildman–Crippen MR) is 103 cm³/mol. The number of hydrogen-bond donors (Lipinski definition) is 1. The van der Waals surface area contributed by atoms with Crippen LogP contribution < -0.4 is 5.32 Å². The second-order valence-corrected chi connectivity index (χ2v) is 6.73. The molecule has 0 saturated heterocycles. The third kappa shape index (κ3) is 4.25. The van der Waals surface area contributed by atoms with Gasteiger partial charge in [0, 0.05) is 13.0 Å². The molecule has 0 saturated carbocycles. The molecule has 5 nitrogen and oxygen atoms in total. The molecule has 0 unspecified atom stereocenters. The van der Waals surface area contributed by atoms with E-state index in [1.54, 1.807) is 24.3 Å². The quantitative estimate of drug-likeness (QED) is 0.726. The molecule has 1 aliphatic rings. The number of nitrogens with one attached hydrogen (secondary N) is 1. The topological polar surface area (TPSA) is 66.5 Å². The predicted octanol–water partition coefficient (Wildman–Crippen LogP) is 3.72. The standard InChI is InChI=1S/C22H24N2O3/c1-2-9-19(16-10-4-3-5-11-16)23-20(25)14-8-15-24-21(26)17-12-6-7-13-18(17)22(24)27/h3-7,10-13,19H,2,8-9,14-15H2,1H3,(H,23,25)/t19-/m1/s1. The summed E-state index contributed by atoms with van der Waals surface area (Å²) in [4.78, 5) is 38.3. The highest BCUT2D eigenvalue weighted by Gasteiger charge is 2.34. The summed E-state index contributed by atoms with van der Waals surface area (Å²) in [6.07, 6.45) is 2.56. The van der Waals surface area contributed by atoms with Crippen LogP contribution in [-0.4, -0.2) is 29.2 Å². The summed E-state index contributed by atoms with van der Waals surface area (Å²) in [6.45, 7) is 2.34. The number of carbonyl (C=O) groups is 3. The van der Waals surface area contributed by atoms with Crippen LogP contribution in [-0.2, 0) is 4.79 Å². The number of fused-ring (bicyclic) bond motifs is 1. The smallest absolute Gasteiger partial charge is 0.261 e. The van der Waals surface area contributed by atoms with Gasteiger partial charge in [0.25, 0.3) is 11.8 Å². The molecule has 5 heteroatoms. The molecule has 0 radical (unpaired) electrons. The SMILES string of the molecule is CCC[C@@H](NC(=O)CCCN1C(=O)c2ccccc2C1=O)c1ccccc1. The average Bonchev–Trinajstić information content (AvgIpc) is 2.93. The van der Waals surface area contributed by atoms with Gasteiger partial charge in [-0.1, -0.05) is 55.8 Å². The summed E-state index contributed by atoms with van der Waals surface area (Å²) in [5.74, 6) is -0.609. The Kier molecular flexibility index (Phi) is 6.01. The first-order chi connectivity index (χ1) is 13.1. The Bertz CT molecular complexity index is 797. The lowest BCUT2D eigenvalue weighted by molar-refractivity contribution is -0.122. The summed E-state index contributed by atoms with van der Waals surface area (Å²) in [5, 5.41) is 3.07. The first-order valence-electron chi connectivity index (χ1n) is 9.41. The van der Waals surface area contributed by atoms with Gasteiger partial charge < -0.3 is 5.32 Å². The first kappa shape index (κ1) is 18.8. The van der Waals surface area contributed by atoms with Crippen molar-refractivity contribution in [2.24, 2.45) is 0 Å². The van der Waals surface area contributed by atoms with E-state index in [1.807, 2.05) is 30.3 Å². The Balaban J connectivity index is 1.52. The van der Waals surface area contributed by atoms with E-state index in [9.17, 15) is 14.4 Å². The van der Waals surface area contributed by atoms with E-state index >= 15 is 0 Å². The molecule has 1 aliphatic heterocycles. The van der Waals surface area contributed by atoms with Crippen LogP contribution in [0.3, 0.4) is 0 Å². The van der Waals surface area contributed by atoms with Gasteiger partial charge in [0.1, 0.15) is 0 Å². The van der Waals surface area contributed by atoms with E-state index < -0.39 is 0 Å². The maximum absolute atomic E-state index is 12.4. The Hall–Kier alpha value is -2.95. The number of rotatable bonds is 8. The lowest BCUT2D eigenvalue weighted by atomic mass is 10.0. The van der Waals surface area contributed by atoms with Crippen molar-refractivity contribution in [2.45, 2.75) is 38.6 Å². The van der Waals surface area contributed by atoms with Crippen LogP contribution in [0.25, 0.3) is 0 Å². The summed E-state index contributed by atoms with van der Waals surface area (Å²) in [5.41, 5.74) is 1.98. The average molecular weight is 364 g/mol. The van der Waals surface area contributed by atoms with Gasteiger partial charge in [-0.05, 0) is 30.5 Å². The summed E-state index contributed by atoms with van der Waals surface area (Å²) in [7, 11) is 0. The molecule has 1 N–H and O–H groups in total. The molecule has 2 aromatic carbocycles. The number of imide groups is 1. The van der Waals surface area contributed by atoms with Crippen LogP contribution in [0.1, 0.15) is 64.9 Å². The fourth-order valence-electron chi connectivity index (χ4n) is 3.40. The number of carbonyl (C=O) groups excluding carboxylic acids is 3. The van der Waals surface area contributed by atoms with E-state index in [0.29, 0.717) is 17.5 Å². The second kappa shape index (κ2) is 8.62. The van der Waals surface area contributed by atoms with Crippen molar-refractivity contribution >= 4 is 17.7 Å². The van der Waals surface area contributed by atoms with Crippen molar-refractivity contribution < 1.29 is 14.4 Å². The fraction of sp³-hybridized carbons (Fsp3) is 0.318. The highest BCUT2D eigenvalue weighted by Crippen LogP contribution is 2.23. The molecule has 0 aliphatic carbocycles. The van der Waals surface area contributed by atoms with Crippen LogP contribution in [0.2, 0.25) is 0 Å². The molecule has 0 bridgehead atoms. The minimum Gasteiger partial charge on any atom is -0.349 e. The number of benzene rings is 2. The van der Waals surface area contributed by atoms with E-state index in [4.69, 9.17) is 0 Å². The summed E-state index contributed by atoms with van der Waals surface area (Å²) >= 11 is 0. The Labute approximate surface area is 159 Å². The van der Waals surface area contributed by atoms with E-state index in [-0.39, 0.29) is 36.7 Å². The van der Waals surface area contributed by atoms with E-state index in [1.165, 1.54) is 4.90 Å². The Morgan fingerprint density at radius 1 is 0.963 bits per heavy atom. The van der Waals surface area contributed by atoms with Crippen molar-refractivity contribution in [1.82, 2.24) is 10.2 Å². The largest absolute Gasteiger partial charge is 0.349 e. The zero-order chi connectivity index (χ0) is 19.2. The number of hydrogen-bond acceptors (Lipinski definition) is 3. The minimum atomic E-state index is -0.274. The van der Waals surface area contributed by atoms with Crippen molar-refractivity contribution in [3.8, 4) is 0 Å². The van der Waals surface area contributed by atoms with Crippen LogP contribution >= 0.6 is 0 Å². The molecular formula is C22H24N2O3. The van der Waals surface area contributed by atoms with Gasteiger partial charge in [-0.3, -0.25) is 19.3 Å². The van der Waals surface area contributed by atoms with Crippen LogP contribution in [0.4, 0.5) is 0 Å². The molecule has 27 heavy (non-hydrogen) atoms. The molecule has 140 valence electrons. The van der Waals surface area contributed by atoms with Crippen molar-refractivity contribution in [2.75, 3.05) is 6.54 Å². The normalized spacial score (nSPS) is 14.2. The van der Waals surface area contributed by atoms with Crippen molar-refractivity contribution in [1.29, 1.82) is 0 Å². The lowest BCUT2D eigenvalue weighted by Gasteiger charge is -2.19. The molecule has 2 aromatic rings. The highest BCUT2D eigenvalue weighted by atomic mass is 16.2. The third-order valence-corrected chi connectivity index (χ3v) is 4.78. The highest BCUT2D eigenvalue weighted by molar-refractivity contribution is 6.21. The minimum absolute atomic E-state index is 0.0111. The molecule has 1 heterocycles. The van der Waals surface area contributed by atoms with Gasteiger partial charge in [-0.2, -0.15) is 0 Å². The molecule has 3 rings (SSSR count). The number of amides is 3. The molecule has 0 fully saturated rings. The Morgan fingerprint density at radius 3 is 2.15 bits per heavy atom. The molecular weight excluding hydrogens is 340 g/mol. The summed E-state index contributed by atoms with van der Waals surface area (Å²) < 4.78 is 0. The maximum Gasteiger partial charge on any atom is 0.261 e. The van der Waals surface area contributed by atoms with Crippen molar-refractivity contribution in [3.63, 3.8) is 0 Å². The molecule has 0 spiro atoms.